The van der Waals surface area contributed by atoms with Crippen molar-refractivity contribution in [2.75, 3.05) is 57.3 Å². The monoisotopic (exact) mass is 532 g/mol. The van der Waals surface area contributed by atoms with Crippen molar-refractivity contribution in [1.29, 1.82) is 0 Å². The molecular weight excluding hydrogens is 500 g/mol. The zero-order valence-electron chi connectivity index (χ0n) is 21.3. The lowest BCUT2D eigenvalue weighted by Gasteiger charge is -2.40. The first-order chi connectivity index (χ1) is 18.6. The number of thiazole rings is 1. The molecule has 3 saturated heterocycles. The van der Waals surface area contributed by atoms with Crippen LogP contribution in [0.3, 0.4) is 0 Å². The Hall–Kier alpha value is -3.66. The quantitative estimate of drug-likeness (QED) is 0.500. The zero-order chi connectivity index (χ0) is 25.9. The minimum atomic E-state index is -0.0297. The van der Waals surface area contributed by atoms with E-state index in [1.165, 1.54) is 0 Å². The second kappa shape index (κ2) is 11.0. The Morgan fingerprint density at radius 2 is 1.55 bits per heavy atom. The van der Waals surface area contributed by atoms with Gasteiger partial charge in [0.15, 0.2) is 0 Å². The number of pyridine rings is 1. The van der Waals surface area contributed by atoms with E-state index in [1.807, 2.05) is 63.7 Å². The highest BCUT2D eigenvalue weighted by molar-refractivity contribution is 7.09. The van der Waals surface area contributed by atoms with Crippen molar-refractivity contribution < 1.29 is 14.3 Å². The van der Waals surface area contributed by atoms with Crippen LogP contribution in [0, 0.1) is 0 Å². The standard InChI is InChI=1S/C28H32N6O3S/c35-27(34-18-23(19-34)37-22-6-2-1-3-7-22)24-20-38-26(30-24)21-9-12-32(13-10-21)28(36)33-16-14-31(15-17-33)25-8-4-5-11-29-25/h1-8,11,20-21,23H,9-10,12-19H2. The maximum absolute atomic E-state index is 13.1. The van der Waals surface area contributed by atoms with Crippen molar-refractivity contribution in [3.8, 4) is 5.75 Å². The minimum Gasteiger partial charge on any atom is -0.487 e. The summed E-state index contributed by atoms with van der Waals surface area (Å²) < 4.78 is 5.91. The number of benzene rings is 1. The highest BCUT2D eigenvalue weighted by Gasteiger charge is 2.35. The largest absolute Gasteiger partial charge is 0.487 e. The van der Waals surface area contributed by atoms with Crippen LogP contribution in [-0.4, -0.2) is 95.1 Å². The lowest BCUT2D eigenvalue weighted by Crippen LogP contribution is -2.56. The van der Waals surface area contributed by atoms with Crippen LogP contribution in [0.25, 0.3) is 0 Å². The number of amides is 3. The molecule has 0 bridgehead atoms. The maximum Gasteiger partial charge on any atom is 0.320 e. The number of carbonyl (C=O) groups excluding carboxylic acids is 2. The molecule has 9 nitrogen and oxygen atoms in total. The van der Waals surface area contributed by atoms with E-state index < -0.39 is 0 Å². The number of piperidine rings is 1. The van der Waals surface area contributed by atoms with E-state index in [2.05, 4.69) is 9.88 Å². The second-order valence-electron chi connectivity index (χ2n) is 10.0. The summed E-state index contributed by atoms with van der Waals surface area (Å²) in [5, 5.41) is 2.88. The smallest absolute Gasteiger partial charge is 0.320 e. The van der Waals surface area contributed by atoms with Gasteiger partial charge in [-0.3, -0.25) is 4.79 Å². The molecule has 5 heterocycles. The molecule has 3 aliphatic heterocycles. The van der Waals surface area contributed by atoms with Gasteiger partial charge in [0.2, 0.25) is 0 Å². The fourth-order valence-corrected chi connectivity index (χ4v) is 6.26. The van der Waals surface area contributed by atoms with Crippen LogP contribution in [0.1, 0.15) is 34.3 Å². The number of anilines is 1. The van der Waals surface area contributed by atoms with Crippen molar-refractivity contribution in [3.05, 3.63) is 70.8 Å². The molecule has 198 valence electrons. The molecule has 0 aliphatic carbocycles. The number of piperazine rings is 1. The third kappa shape index (κ3) is 5.31. The van der Waals surface area contributed by atoms with Gasteiger partial charge in [0.25, 0.3) is 5.91 Å². The van der Waals surface area contributed by atoms with E-state index in [9.17, 15) is 9.59 Å². The molecule has 38 heavy (non-hydrogen) atoms. The number of aromatic nitrogens is 2. The number of likely N-dealkylation sites (tertiary alicyclic amines) is 2. The summed E-state index contributed by atoms with van der Waals surface area (Å²) in [6.07, 6.45) is 3.58. The van der Waals surface area contributed by atoms with Crippen LogP contribution in [0.2, 0.25) is 0 Å². The highest BCUT2D eigenvalue weighted by atomic mass is 32.1. The average Bonchev–Trinajstić information content (AvgIpc) is 3.46. The highest BCUT2D eigenvalue weighted by Crippen LogP contribution is 2.31. The number of nitrogens with zero attached hydrogens (tertiary/aromatic N) is 6. The minimum absolute atomic E-state index is 0.0271. The Balaban J connectivity index is 0.953. The predicted octanol–water partition coefficient (Wildman–Crippen LogP) is 3.56. The molecule has 3 amide bonds. The van der Waals surface area contributed by atoms with Crippen molar-refractivity contribution in [3.63, 3.8) is 0 Å². The number of rotatable bonds is 5. The van der Waals surface area contributed by atoms with Crippen molar-refractivity contribution in [1.82, 2.24) is 24.7 Å². The molecule has 3 aliphatic rings. The fourth-order valence-electron chi connectivity index (χ4n) is 5.29. The molecule has 1 aromatic carbocycles. The topological polar surface area (TPSA) is 82.1 Å². The van der Waals surface area contributed by atoms with Gasteiger partial charge in [0.1, 0.15) is 23.4 Å². The Labute approximate surface area is 226 Å². The first-order valence-corrected chi connectivity index (χ1v) is 14.2. The molecule has 0 radical (unpaired) electrons. The normalized spacial score (nSPS) is 18.8. The van der Waals surface area contributed by atoms with Crippen LogP contribution in [0.5, 0.6) is 5.75 Å². The summed E-state index contributed by atoms with van der Waals surface area (Å²) in [4.78, 5) is 43.1. The van der Waals surface area contributed by atoms with Gasteiger partial charge in [-0.2, -0.15) is 0 Å². The van der Waals surface area contributed by atoms with Crippen LogP contribution >= 0.6 is 11.3 Å². The molecule has 0 unspecified atom stereocenters. The molecule has 0 atom stereocenters. The number of carbonyl (C=O) groups is 2. The van der Waals surface area contributed by atoms with E-state index in [0.29, 0.717) is 31.9 Å². The van der Waals surface area contributed by atoms with Crippen molar-refractivity contribution >= 4 is 29.1 Å². The number of para-hydroxylation sites is 1. The summed E-state index contributed by atoms with van der Waals surface area (Å²) in [6.45, 7) is 5.61. The van der Waals surface area contributed by atoms with Gasteiger partial charge in [0.05, 0.1) is 18.1 Å². The van der Waals surface area contributed by atoms with Crippen LogP contribution in [0.15, 0.2) is 60.1 Å². The molecule has 10 heteroatoms. The summed E-state index contributed by atoms with van der Waals surface area (Å²) in [5.74, 6) is 2.06. The molecule has 3 aromatic rings. The van der Waals surface area contributed by atoms with Gasteiger partial charge < -0.3 is 24.3 Å². The van der Waals surface area contributed by atoms with Gasteiger partial charge in [-0.05, 0) is 37.1 Å². The first kappa shape index (κ1) is 24.7. The molecular formula is C28H32N6O3S. The summed E-state index contributed by atoms with van der Waals surface area (Å²) in [5.41, 5.74) is 0.521. The summed E-state index contributed by atoms with van der Waals surface area (Å²) in [7, 11) is 0. The Bertz CT molecular complexity index is 1230. The third-order valence-corrected chi connectivity index (χ3v) is 8.57. The summed E-state index contributed by atoms with van der Waals surface area (Å²) >= 11 is 1.56. The zero-order valence-corrected chi connectivity index (χ0v) is 22.1. The van der Waals surface area contributed by atoms with E-state index in [4.69, 9.17) is 9.72 Å². The summed E-state index contributed by atoms with van der Waals surface area (Å²) in [6, 6.07) is 15.8. The van der Waals surface area contributed by atoms with Crippen molar-refractivity contribution in [2.24, 2.45) is 0 Å². The van der Waals surface area contributed by atoms with Gasteiger partial charge in [-0.25, -0.2) is 14.8 Å². The first-order valence-electron chi connectivity index (χ1n) is 13.3. The number of urea groups is 1. The Morgan fingerprint density at radius 1 is 0.842 bits per heavy atom. The molecule has 2 aromatic heterocycles. The van der Waals surface area contributed by atoms with E-state index in [-0.39, 0.29) is 24.0 Å². The molecule has 3 fully saturated rings. The molecule has 0 N–H and O–H groups in total. The Morgan fingerprint density at radius 3 is 2.26 bits per heavy atom. The lowest BCUT2D eigenvalue weighted by atomic mass is 9.98. The van der Waals surface area contributed by atoms with Crippen molar-refractivity contribution in [2.45, 2.75) is 24.9 Å². The molecule has 6 rings (SSSR count). The number of ether oxygens (including phenoxy) is 1. The molecule has 0 spiro atoms. The maximum atomic E-state index is 13.1. The van der Waals surface area contributed by atoms with Gasteiger partial charge >= 0.3 is 6.03 Å². The number of hydrogen-bond donors (Lipinski definition) is 0. The SMILES string of the molecule is O=C(c1csc(C2CCN(C(=O)N3CCN(c4ccccn4)CC3)CC2)n1)N1CC(Oc2ccccc2)C1. The van der Waals surface area contributed by atoms with Gasteiger partial charge in [0, 0.05) is 56.8 Å². The third-order valence-electron chi connectivity index (χ3n) is 7.56. The predicted molar refractivity (Wildman–Crippen MR) is 146 cm³/mol. The molecule has 0 saturated carbocycles. The van der Waals surface area contributed by atoms with E-state index in [0.717, 1.165) is 55.6 Å². The lowest BCUT2D eigenvalue weighted by molar-refractivity contribution is 0.0174. The van der Waals surface area contributed by atoms with E-state index >= 15 is 0 Å². The Kier molecular flexibility index (Phi) is 7.13. The second-order valence-corrected chi connectivity index (χ2v) is 10.9. The average molecular weight is 533 g/mol. The van der Waals surface area contributed by atoms with Crippen LogP contribution < -0.4 is 9.64 Å². The van der Waals surface area contributed by atoms with Crippen LogP contribution in [0.4, 0.5) is 10.6 Å². The van der Waals surface area contributed by atoms with Gasteiger partial charge in [-0.15, -0.1) is 11.3 Å². The number of hydrogen-bond acceptors (Lipinski definition) is 7. The van der Waals surface area contributed by atoms with Gasteiger partial charge in [-0.1, -0.05) is 24.3 Å². The van der Waals surface area contributed by atoms with Crippen LogP contribution in [-0.2, 0) is 0 Å². The fraction of sp³-hybridized carbons (Fsp3) is 0.429. The van der Waals surface area contributed by atoms with E-state index in [1.54, 1.807) is 22.4 Å².